The van der Waals surface area contributed by atoms with Crippen molar-refractivity contribution in [3.63, 3.8) is 0 Å². The lowest BCUT2D eigenvalue weighted by molar-refractivity contribution is 0.102. The third-order valence-corrected chi connectivity index (χ3v) is 4.17. The zero-order valence-corrected chi connectivity index (χ0v) is 15.0. The molecule has 0 saturated heterocycles. The van der Waals surface area contributed by atoms with Gasteiger partial charge in [0.25, 0.3) is 5.91 Å². The summed E-state index contributed by atoms with van der Waals surface area (Å²) in [5.74, 6) is 1.38. The Morgan fingerprint density at radius 2 is 2.12 bits per heavy atom. The summed E-state index contributed by atoms with van der Waals surface area (Å²) in [6, 6.07) is 7.00. The number of anilines is 1. The predicted molar refractivity (Wildman–Crippen MR) is 94.0 cm³/mol. The Morgan fingerprint density at radius 3 is 2.80 bits per heavy atom. The van der Waals surface area contributed by atoms with Gasteiger partial charge in [-0.2, -0.15) is 4.98 Å². The van der Waals surface area contributed by atoms with Gasteiger partial charge in [0.05, 0.1) is 11.3 Å². The number of hydrogen-bond acceptors (Lipinski definition) is 7. The Hall–Kier alpha value is -2.74. The van der Waals surface area contributed by atoms with E-state index in [2.05, 4.69) is 34.3 Å². The molecule has 25 heavy (non-hydrogen) atoms. The molecule has 0 bridgehead atoms. The van der Waals surface area contributed by atoms with Crippen LogP contribution in [0.1, 0.15) is 47.5 Å². The summed E-state index contributed by atoms with van der Waals surface area (Å²) in [7, 11) is 0. The van der Waals surface area contributed by atoms with Crippen molar-refractivity contribution < 1.29 is 14.1 Å². The Kier molecular flexibility index (Phi) is 5.08. The van der Waals surface area contributed by atoms with Gasteiger partial charge in [-0.3, -0.25) is 10.1 Å². The number of hydrogen-bond donors (Lipinski definition) is 1. The topological polar surface area (TPSA) is 90.1 Å². The maximum absolute atomic E-state index is 12.6. The smallest absolute Gasteiger partial charge is 0.261 e. The summed E-state index contributed by atoms with van der Waals surface area (Å²) in [4.78, 5) is 21.0. The molecule has 2 heterocycles. The largest absolute Gasteiger partial charge is 0.485 e. The third kappa shape index (κ3) is 4.21. The van der Waals surface area contributed by atoms with Gasteiger partial charge in [0.15, 0.2) is 11.7 Å². The number of nitrogens with one attached hydrogen (secondary N) is 1. The van der Waals surface area contributed by atoms with E-state index in [1.54, 1.807) is 31.2 Å². The minimum atomic E-state index is -0.274. The van der Waals surface area contributed by atoms with Gasteiger partial charge >= 0.3 is 0 Å². The van der Waals surface area contributed by atoms with E-state index in [-0.39, 0.29) is 12.5 Å². The van der Waals surface area contributed by atoms with Crippen molar-refractivity contribution >= 4 is 22.4 Å². The van der Waals surface area contributed by atoms with Crippen LogP contribution in [-0.4, -0.2) is 21.0 Å². The number of carbonyl (C=O) groups is 1. The molecule has 0 aliphatic carbocycles. The van der Waals surface area contributed by atoms with Crippen molar-refractivity contribution in [3.8, 4) is 5.75 Å². The fraction of sp³-hybridized carbons (Fsp3) is 0.294. The van der Waals surface area contributed by atoms with E-state index in [0.29, 0.717) is 34.1 Å². The van der Waals surface area contributed by atoms with Crippen molar-refractivity contribution in [1.82, 2.24) is 15.1 Å². The average molecular weight is 358 g/mol. The summed E-state index contributed by atoms with van der Waals surface area (Å²) in [6.45, 7) is 5.95. The molecule has 3 aromatic rings. The van der Waals surface area contributed by atoms with Crippen LogP contribution in [0.3, 0.4) is 0 Å². The van der Waals surface area contributed by atoms with Gasteiger partial charge in [-0.05, 0) is 18.1 Å². The number of ether oxygens (including phenoxy) is 1. The molecule has 0 spiro atoms. The minimum Gasteiger partial charge on any atom is -0.485 e. The van der Waals surface area contributed by atoms with Gasteiger partial charge in [0.2, 0.25) is 11.7 Å². The number of carbonyl (C=O) groups excluding carboxylic acids is 1. The Labute approximate surface area is 149 Å². The molecule has 0 aliphatic heterocycles. The molecular formula is C17H18N4O3S. The van der Waals surface area contributed by atoms with Crippen LogP contribution in [0.2, 0.25) is 0 Å². The number of rotatable bonds is 6. The number of thiazole rings is 1. The van der Waals surface area contributed by atoms with Crippen molar-refractivity contribution in [2.45, 2.75) is 33.3 Å². The summed E-state index contributed by atoms with van der Waals surface area (Å²) in [5, 5.41) is 9.10. The van der Waals surface area contributed by atoms with Gasteiger partial charge in [-0.25, -0.2) is 4.98 Å². The first-order valence-electron chi connectivity index (χ1n) is 7.80. The SMILES string of the molecule is Cc1nc(COc2ccccc2C(=O)Nc2nc(C(C)C)cs2)no1. The highest BCUT2D eigenvalue weighted by molar-refractivity contribution is 7.14. The number of benzene rings is 1. The highest BCUT2D eigenvalue weighted by atomic mass is 32.1. The van der Waals surface area contributed by atoms with E-state index in [1.165, 1.54) is 11.3 Å². The highest BCUT2D eigenvalue weighted by Gasteiger charge is 2.15. The van der Waals surface area contributed by atoms with E-state index in [9.17, 15) is 4.79 Å². The molecule has 7 nitrogen and oxygen atoms in total. The fourth-order valence-corrected chi connectivity index (χ4v) is 2.96. The maximum atomic E-state index is 12.6. The highest BCUT2D eigenvalue weighted by Crippen LogP contribution is 2.24. The van der Waals surface area contributed by atoms with Crippen molar-refractivity contribution in [2.24, 2.45) is 0 Å². The number of amides is 1. The standard InChI is InChI=1S/C17H18N4O3S/c1-10(2)13-9-25-17(19-13)20-16(22)12-6-4-5-7-14(12)23-8-15-18-11(3)24-21-15/h4-7,9-10H,8H2,1-3H3,(H,19,20,22). The van der Waals surface area contributed by atoms with Crippen molar-refractivity contribution in [2.75, 3.05) is 5.32 Å². The van der Waals surface area contributed by atoms with Gasteiger partial charge in [-0.15, -0.1) is 11.3 Å². The second kappa shape index (κ2) is 7.43. The maximum Gasteiger partial charge on any atom is 0.261 e. The van der Waals surface area contributed by atoms with Gasteiger partial charge in [0, 0.05) is 12.3 Å². The average Bonchev–Trinajstić information content (AvgIpc) is 3.22. The second-order valence-corrected chi connectivity index (χ2v) is 6.56. The monoisotopic (exact) mass is 358 g/mol. The van der Waals surface area contributed by atoms with Crippen LogP contribution in [0.5, 0.6) is 5.75 Å². The lowest BCUT2D eigenvalue weighted by Gasteiger charge is -2.09. The summed E-state index contributed by atoms with van der Waals surface area (Å²) in [6.07, 6.45) is 0. The molecule has 0 unspecified atom stereocenters. The summed E-state index contributed by atoms with van der Waals surface area (Å²) < 4.78 is 10.6. The summed E-state index contributed by atoms with van der Waals surface area (Å²) in [5.41, 5.74) is 1.38. The first-order chi connectivity index (χ1) is 12.0. The zero-order valence-electron chi connectivity index (χ0n) is 14.1. The van der Waals surface area contributed by atoms with Crippen LogP contribution in [0.4, 0.5) is 5.13 Å². The van der Waals surface area contributed by atoms with Crippen LogP contribution in [0.25, 0.3) is 0 Å². The molecule has 3 rings (SSSR count). The van der Waals surface area contributed by atoms with Gasteiger partial charge in [-0.1, -0.05) is 31.1 Å². The van der Waals surface area contributed by atoms with Crippen LogP contribution >= 0.6 is 11.3 Å². The second-order valence-electron chi connectivity index (χ2n) is 5.70. The van der Waals surface area contributed by atoms with E-state index in [1.807, 2.05) is 5.38 Å². The van der Waals surface area contributed by atoms with Crippen LogP contribution in [0, 0.1) is 6.92 Å². The van der Waals surface area contributed by atoms with E-state index < -0.39 is 0 Å². The number of aryl methyl sites for hydroxylation is 1. The molecule has 2 aromatic heterocycles. The molecule has 130 valence electrons. The van der Waals surface area contributed by atoms with Gasteiger partial charge < -0.3 is 9.26 Å². The van der Waals surface area contributed by atoms with Gasteiger partial charge in [0.1, 0.15) is 5.75 Å². The third-order valence-electron chi connectivity index (χ3n) is 3.39. The number of para-hydroxylation sites is 1. The molecule has 1 N–H and O–H groups in total. The van der Waals surface area contributed by atoms with E-state index in [4.69, 9.17) is 9.26 Å². The molecule has 0 radical (unpaired) electrons. The molecule has 1 aromatic carbocycles. The lowest BCUT2D eigenvalue weighted by Crippen LogP contribution is -2.13. The Balaban J connectivity index is 1.71. The number of nitrogens with zero attached hydrogens (tertiary/aromatic N) is 3. The molecule has 1 amide bonds. The lowest BCUT2D eigenvalue weighted by atomic mass is 10.2. The molecule has 0 saturated carbocycles. The van der Waals surface area contributed by atoms with Crippen LogP contribution < -0.4 is 10.1 Å². The fourth-order valence-electron chi connectivity index (χ4n) is 2.10. The minimum absolute atomic E-state index is 0.121. The first kappa shape index (κ1) is 17.1. The molecule has 0 atom stereocenters. The quantitative estimate of drug-likeness (QED) is 0.721. The molecule has 0 fully saturated rings. The Morgan fingerprint density at radius 1 is 1.32 bits per heavy atom. The van der Waals surface area contributed by atoms with Crippen molar-refractivity contribution in [3.05, 3.63) is 52.6 Å². The zero-order chi connectivity index (χ0) is 17.8. The van der Waals surface area contributed by atoms with Crippen molar-refractivity contribution in [1.29, 1.82) is 0 Å². The van der Waals surface area contributed by atoms with E-state index in [0.717, 1.165) is 5.69 Å². The molecule has 0 aliphatic rings. The number of aromatic nitrogens is 3. The molecule has 8 heteroatoms. The predicted octanol–water partition coefficient (Wildman–Crippen LogP) is 3.79. The normalized spacial score (nSPS) is 10.9. The summed E-state index contributed by atoms with van der Waals surface area (Å²) >= 11 is 1.40. The van der Waals surface area contributed by atoms with E-state index >= 15 is 0 Å². The molecular weight excluding hydrogens is 340 g/mol. The Bertz CT molecular complexity index is 872. The van der Waals surface area contributed by atoms with Crippen LogP contribution in [0.15, 0.2) is 34.2 Å². The van der Waals surface area contributed by atoms with Crippen LogP contribution in [-0.2, 0) is 6.61 Å². The first-order valence-corrected chi connectivity index (χ1v) is 8.68.